The summed E-state index contributed by atoms with van der Waals surface area (Å²) in [6.45, 7) is 2.52. The van der Waals surface area contributed by atoms with Crippen molar-refractivity contribution in [2.75, 3.05) is 13.7 Å². The summed E-state index contributed by atoms with van der Waals surface area (Å²) in [4.78, 5) is 28.6. The van der Waals surface area contributed by atoms with Crippen LogP contribution in [0.5, 0.6) is 0 Å². The van der Waals surface area contributed by atoms with Gasteiger partial charge in [0.15, 0.2) is 0 Å². The van der Waals surface area contributed by atoms with Crippen LogP contribution in [0.1, 0.15) is 25.6 Å². The zero-order valence-corrected chi connectivity index (χ0v) is 11.0. The van der Waals surface area contributed by atoms with Crippen molar-refractivity contribution in [3.05, 3.63) is 18.2 Å². The van der Waals surface area contributed by atoms with Crippen molar-refractivity contribution < 1.29 is 14.3 Å². The maximum absolute atomic E-state index is 11.8. The predicted octanol–water partition coefficient (Wildman–Crippen LogP) is 0.722. The summed E-state index contributed by atoms with van der Waals surface area (Å²) < 4.78 is 6.63. The molecule has 0 radical (unpaired) electrons. The van der Waals surface area contributed by atoms with Crippen LogP contribution in [0, 0.1) is 0 Å². The maximum atomic E-state index is 11.8. The third kappa shape index (κ3) is 4.20. The number of aryl methyl sites for hydroxylation is 1. The number of amides is 1. The fourth-order valence-electron chi connectivity index (χ4n) is 1.48. The van der Waals surface area contributed by atoms with Crippen molar-refractivity contribution in [3.63, 3.8) is 0 Å². The van der Waals surface area contributed by atoms with Gasteiger partial charge in [0, 0.05) is 32.9 Å². The highest BCUT2D eigenvalue weighted by Gasteiger charge is 2.13. The lowest BCUT2D eigenvalue weighted by Gasteiger charge is -2.16. The Morgan fingerprint density at radius 1 is 1.44 bits per heavy atom. The van der Waals surface area contributed by atoms with E-state index in [4.69, 9.17) is 4.74 Å². The zero-order chi connectivity index (χ0) is 13.5. The Kier molecular flexibility index (Phi) is 5.35. The topological polar surface area (TPSA) is 64.4 Å². The van der Waals surface area contributed by atoms with E-state index in [1.807, 2.05) is 17.8 Å². The summed E-state index contributed by atoms with van der Waals surface area (Å²) in [7, 11) is 3.57. The van der Waals surface area contributed by atoms with Gasteiger partial charge in [0.1, 0.15) is 5.82 Å². The molecule has 0 unspecified atom stereocenters. The van der Waals surface area contributed by atoms with Crippen LogP contribution >= 0.6 is 0 Å². The quantitative estimate of drug-likeness (QED) is 0.701. The summed E-state index contributed by atoms with van der Waals surface area (Å²) in [5.74, 6) is 0.379. The third-order valence-electron chi connectivity index (χ3n) is 2.57. The van der Waals surface area contributed by atoms with Crippen molar-refractivity contribution >= 4 is 11.9 Å². The van der Waals surface area contributed by atoms with Crippen molar-refractivity contribution in [2.45, 2.75) is 26.3 Å². The number of ether oxygens (including phenoxy) is 1. The molecule has 1 aromatic rings. The van der Waals surface area contributed by atoms with Crippen LogP contribution in [0.4, 0.5) is 0 Å². The molecular weight excluding hydrogens is 234 g/mol. The lowest BCUT2D eigenvalue weighted by atomic mass is 10.3. The van der Waals surface area contributed by atoms with Crippen LogP contribution in [0.3, 0.4) is 0 Å². The van der Waals surface area contributed by atoms with E-state index < -0.39 is 0 Å². The molecule has 0 aromatic carbocycles. The van der Waals surface area contributed by atoms with E-state index >= 15 is 0 Å². The minimum absolute atomic E-state index is 0.0916. The molecule has 0 spiro atoms. The van der Waals surface area contributed by atoms with Gasteiger partial charge in [-0.15, -0.1) is 0 Å². The summed E-state index contributed by atoms with van der Waals surface area (Å²) in [5, 5.41) is 0. The Labute approximate surface area is 107 Å². The second-order valence-electron chi connectivity index (χ2n) is 4.01. The highest BCUT2D eigenvalue weighted by atomic mass is 16.5. The molecule has 100 valence electrons. The van der Waals surface area contributed by atoms with Gasteiger partial charge in [-0.3, -0.25) is 9.59 Å². The number of imidazole rings is 1. The predicted molar refractivity (Wildman–Crippen MR) is 65.5 cm³/mol. The number of esters is 1. The first-order valence-electron chi connectivity index (χ1n) is 5.90. The van der Waals surface area contributed by atoms with Gasteiger partial charge in [-0.25, -0.2) is 4.98 Å². The standard InChI is InChI=1S/C12H19N3O3/c1-4-18-12(17)6-5-11(16)15(3)9-10-13-7-8-14(10)2/h7-8H,4-6,9H2,1-3H3. The van der Waals surface area contributed by atoms with Gasteiger partial charge in [0.05, 0.1) is 19.6 Å². The number of hydrogen-bond donors (Lipinski definition) is 0. The van der Waals surface area contributed by atoms with Gasteiger partial charge >= 0.3 is 5.97 Å². The summed E-state index contributed by atoms with van der Waals surface area (Å²) in [6, 6.07) is 0. The van der Waals surface area contributed by atoms with E-state index in [1.54, 1.807) is 25.1 Å². The molecule has 0 fully saturated rings. The van der Waals surface area contributed by atoms with Crippen molar-refractivity contribution in [1.82, 2.24) is 14.5 Å². The molecule has 0 N–H and O–H groups in total. The monoisotopic (exact) mass is 253 g/mol. The van der Waals surface area contributed by atoms with Gasteiger partial charge in [0.25, 0.3) is 0 Å². The highest BCUT2D eigenvalue weighted by Crippen LogP contribution is 2.03. The molecule has 0 saturated heterocycles. The van der Waals surface area contributed by atoms with Gasteiger partial charge in [0.2, 0.25) is 5.91 Å². The second kappa shape index (κ2) is 6.78. The second-order valence-corrected chi connectivity index (χ2v) is 4.01. The molecule has 0 bridgehead atoms. The molecule has 6 heteroatoms. The summed E-state index contributed by atoms with van der Waals surface area (Å²) in [5.41, 5.74) is 0. The number of aromatic nitrogens is 2. The average Bonchev–Trinajstić information content (AvgIpc) is 2.72. The number of carbonyl (C=O) groups excluding carboxylic acids is 2. The third-order valence-corrected chi connectivity index (χ3v) is 2.57. The average molecular weight is 253 g/mol. The van der Waals surface area contributed by atoms with E-state index in [0.29, 0.717) is 13.2 Å². The molecule has 0 atom stereocenters. The van der Waals surface area contributed by atoms with Crippen LogP contribution in [0.2, 0.25) is 0 Å². The normalized spacial score (nSPS) is 10.2. The fourth-order valence-corrected chi connectivity index (χ4v) is 1.48. The first-order valence-corrected chi connectivity index (χ1v) is 5.90. The summed E-state index contributed by atoms with van der Waals surface area (Å²) in [6.07, 6.45) is 3.80. The van der Waals surface area contributed by atoms with E-state index in [-0.39, 0.29) is 24.7 Å². The number of carbonyl (C=O) groups is 2. The molecule has 1 heterocycles. The van der Waals surface area contributed by atoms with Gasteiger partial charge < -0.3 is 14.2 Å². The Morgan fingerprint density at radius 2 is 2.17 bits per heavy atom. The lowest BCUT2D eigenvalue weighted by Crippen LogP contribution is -2.28. The van der Waals surface area contributed by atoms with Gasteiger partial charge in [-0.05, 0) is 6.92 Å². The molecule has 6 nitrogen and oxygen atoms in total. The van der Waals surface area contributed by atoms with Crippen molar-refractivity contribution in [2.24, 2.45) is 7.05 Å². The maximum Gasteiger partial charge on any atom is 0.306 e. The van der Waals surface area contributed by atoms with E-state index in [1.165, 1.54) is 0 Å². The Bertz CT molecular complexity index is 414. The minimum atomic E-state index is -0.337. The molecule has 0 saturated carbocycles. The molecule has 0 aliphatic carbocycles. The van der Waals surface area contributed by atoms with E-state index in [0.717, 1.165) is 5.82 Å². The highest BCUT2D eigenvalue weighted by molar-refractivity contribution is 5.81. The zero-order valence-electron chi connectivity index (χ0n) is 11.0. The van der Waals surface area contributed by atoms with Crippen molar-refractivity contribution in [1.29, 1.82) is 0 Å². The first kappa shape index (κ1) is 14.2. The van der Waals surface area contributed by atoms with Gasteiger partial charge in [-0.1, -0.05) is 0 Å². The molecule has 0 aliphatic heterocycles. The molecular formula is C12H19N3O3. The van der Waals surface area contributed by atoms with Crippen LogP contribution in [0.15, 0.2) is 12.4 Å². The van der Waals surface area contributed by atoms with Crippen molar-refractivity contribution in [3.8, 4) is 0 Å². The Morgan fingerprint density at radius 3 is 2.72 bits per heavy atom. The number of nitrogens with zero attached hydrogens (tertiary/aromatic N) is 3. The van der Waals surface area contributed by atoms with Gasteiger partial charge in [-0.2, -0.15) is 0 Å². The van der Waals surface area contributed by atoms with Crippen LogP contribution in [-0.4, -0.2) is 40.0 Å². The first-order chi connectivity index (χ1) is 8.54. The minimum Gasteiger partial charge on any atom is -0.466 e. The van der Waals surface area contributed by atoms with E-state index in [2.05, 4.69) is 4.98 Å². The summed E-state index contributed by atoms with van der Waals surface area (Å²) >= 11 is 0. The van der Waals surface area contributed by atoms with E-state index in [9.17, 15) is 9.59 Å². The molecule has 1 rings (SSSR count). The molecule has 18 heavy (non-hydrogen) atoms. The fraction of sp³-hybridized carbons (Fsp3) is 0.583. The molecule has 1 aromatic heterocycles. The molecule has 0 aliphatic rings. The number of rotatable bonds is 6. The Balaban J connectivity index is 2.38. The number of hydrogen-bond acceptors (Lipinski definition) is 4. The lowest BCUT2D eigenvalue weighted by molar-refractivity contribution is -0.145. The largest absolute Gasteiger partial charge is 0.466 e. The Hall–Kier alpha value is -1.85. The SMILES string of the molecule is CCOC(=O)CCC(=O)N(C)Cc1nccn1C. The molecule has 1 amide bonds. The van der Waals surface area contributed by atoms with Crippen LogP contribution in [-0.2, 0) is 27.9 Å². The van der Waals surface area contributed by atoms with Crippen LogP contribution < -0.4 is 0 Å². The van der Waals surface area contributed by atoms with Crippen LogP contribution in [0.25, 0.3) is 0 Å². The smallest absolute Gasteiger partial charge is 0.306 e.